The number of hydrogen-bond donors (Lipinski definition) is 1. The van der Waals surface area contributed by atoms with E-state index in [1.807, 2.05) is 0 Å². The molecule has 0 aliphatic carbocycles. The summed E-state index contributed by atoms with van der Waals surface area (Å²) in [5, 5.41) is 0. The third-order valence-electron chi connectivity index (χ3n) is 4.23. The van der Waals surface area contributed by atoms with Gasteiger partial charge in [0, 0.05) is 47.9 Å². The van der Waals surface area contributed by atoms with Gasteiger partial charge < -0.3 is 10.6 Å². The van der Waals surface area contributed by atoms with E-state index in [0.29, 0.717) is 18.6 Å². The van der Waals surface area contributed by atoms with Gasteiger partial charge in [0.25, 0.3) is 0 Å². The molecular weight excluding hydrogens is 254 g/mol. The highest BCUT2D eigenvalue weighted by atomic mass is 32.2. The van der Waals surface area contributed by atoms with Gasteiger partial charge >= 0.3 is 0 Å². The SMILES string of the molecule is CSc1cccc(N2CC(C)N(C)C(C)C2)c1CN. The molecule has 2 unspecified atom stereocenters. The summed E-state index contributed by atoms with van der Waals surface area (Å²) in [6, 6.07) is 7.68. The smallest absolute Gasteiger partial charge is 0.0424 e. The van der Waals surface area contributed by atoms with E-state index >= 15 is 0 Å². The molecular formula is C15H25N3S. The number of hydrogen-bond acceptors (Lipinski definition) is 4. The van der Waals surface area contributed by atoms with E-state index in [1.54, 1.807) is 11.8 Å². The van der Waals surface area contributed by atoms with Crippen molar-refractivity contribution >= 4 is 17.4 Å². The molecule has 0 radical (unpaired) electrons. The number of thioether (sulfide) groups is 1. The molecule has 1 heterocycles. The zero-order valence-electron chi connectivity index (χ0n) is 12.4. The summed E-state index contributed by atoms with van der Waals surface area (Å²) >= 11 is 1.78. The number of likely N-dealkylation sites (N-methyl/N-ethyl adjacent to an activating group) is 1. The zero-order chi connectivity index (χ0) is 14.0. The summed E-state index contributed by atoms with van der Waals surface area (Å²) in [6.45, 7) is 7.35. The van der Waals surface area contributed by atoms with Gasteiger partial charge in [-0.15, -0.1) is 11.8 Å². The Labute approximate surface area is 121 Å². The molecule has 2 rings (SSSR count). The van der Waals surface area contributed by atoms with Crippen LogP contribution in [0.2, 0.25) is 0 Å². The number of piperazine rings is 1. The quantitative estimate of drug-likeness (QED) is 0.861. The lowest BCUT2D eigenvalue weighted by Crippen LogP contribution is -2.55. The van der Waals surface area contributed by atoms with Crippen LogP contribution in [0, 0.1) is 0 Å². The van der Waals surface area contributed by atoms with Crippen molar-refractivity contribution in [3.05, 3.63) is 23.8 Å². The number of rotatable bonds is 3. The average Bonchev–Trinajstić information content (AvgIpc) is 2.43. The van der Waals surface area contributed by atoms with Gasteiger partial charge in [-0.3, -0.25) is 4.90 Å². The Balaban J connectivity index is 2.31. The topological polar surface area (TPSA) is 32.5 Å². The van der Waals surface area contributed by atoms with Crippen molar-refractivity contribution in [2.24, 2.45) is 5.73 Å². The fourth-order valence-corrected chi connectivity index (χ4v) is 3.50. The largest absolute Gasteiger partial charge is 0.368 e. The van der Waals surface area contributed by atoms with Crippen LogP contribution in [0.1, 0.15) is 19.4 Å². The minimum atomic E-state index is 0.576. The van der Waals surface area contributed by atoms with Crippen LogP contribution < -0.4 is 10.6 Å². The Bertz CT molecular complexity index is 423. The molecule has 0 saturated carbocycles. The molecule has 0 spiro atoms. The van der Waals surface area contributed by atoms with Crippen LogP contribution in [0.25, 0.3) is 0 Å². The molecule has 1 aliphatic heterocycles. The maximum Gasteiger partial charge on any atom is 0.0424 e. The highest BCUT2D eigenvalue weighted by molar-refractivity contribution is 7.98. The standard InChI is InChI=1S/C15H25N3S/c1-11-9-18(10-12(2)17(11)3)14-6-5-7-15(19-4)13(14)8-16/h5-7,11-12H,8-10,16H2,1-4H3. The second-order valence-electron chi connectivity index (χ2n) is 5.43. The van der Waals surface area contributed by atoms with Gasteiger partial charge in [0.1, 0.15) is 0 Å². The molecule has 1 saturated heterocycles. The first-order chi connectivity index (χ1) is 9.08. The first kappa shape index (κ1) is 14.7. The van der Waals surface area contributed by atoms with Gasteiger partial charge in [-0.25, -0.2) is 0 Å². The highest BCUT2D eigenvalue weighted by Crippen LogP contribution is 2.31. The third kappa shape index (κ3) is 2.91. The maximum absolute atomic E-state index is 5.98. The van der Waals surface area contributed by atoms with Crippen molar-refractivity contribution in [3.8, 4) is 0 Å². The van der Waals surface area contributed by atoms with Crippen molar-refractivity contribution in [2.45, 2.75) is 37.4 Å². The summed E-state index contributed by atoms with van der Waals surface area (Å²) in [7, 11) is 2.22. The maximum atomic E-state index is 5.98. The third-order valence-corrected chi connectivity index (χ3v) is 5.06. The summed E-state index contributed by atoms with van der Waals surface area (Å²) in [5.74, 6) is 0. The van der Waals surface area contributed by atoms with E-state index in [2.05, 4.69) is 55.1 Å². The number of anilines is 1. The zero-order valence-corrected chi connectivity index (χ0v) is 13.2. The normalized spacial score (nSPS) is 24.8. The molecule has 4 heteroatoms. The fraction of sp³-hybridized carbons (Fsp3) is 0.600. The number of benzene rings is 1. The van der Waals surface area contributed by atoms with E-state index in [1.165, 1.54) is 16.1 Å². The fourth-order valence-electron chi connectivity index (χ4n) is 2.85. The summed E-state index contributed by atoms with van der Waals surface area (Å²) in [4.78, 5) is 6.26. The molecule has 3 nitrogen and oxygen atoms in total. The van der Waals surface area contributed by atoms with E-state index in [0.717, 1.165) is 13.1 Å². The average molecular weight is 279 g/mol. The van der Waals surface area contributed by atoms with Gasteiger partial charge in [0.2, 0.25) is 0 Å². The second-order valence-corrected chi connectivity index (χ2v) is 6.28. The number of nitrogens with zero attached hydrogens (tertiary/aromatic N) is 2. The van der Waals surface area contributed by atoms with E-state index in [4.69, 9.17) is 5.73 Å². The van der Waals surface area contributed by atoms with Crippen LogP contribution >= 0.6 is 11.8 Å². The van der Waals surface area contributed by atoms with Crippen LogP contribution in [0.4, 0.5) is 5.69 Å². The first-order valence-electron chi connectivity index (χ1n) is 6.91. The summed E-state index contributed by atoms with van der Waals surface area (Å²) < 4.78 is 0. The molecule has 1 aromatic carbocycles. The van der Waals surface area contributed by atoms with E-state index in [9.17, 15) is 0 Å². The predicted molar refractivity (Wildman–Crippen MR) is 85.0 cm³/mol. The molecule has 1 aliphatic rings. The van der Waals surface area contributed by atoms with Crippen molar-refractivity contribution in [3.63, 3.8) is 0 Å². The molecule has 19 heavy (non-hydrogen) atoms. The Morgan fingerprint density at radius 3 is 2.42 bits per heavy atom. The lowest BCUT2D eigenvalue weighted by Gasteiger charge is -2.44. The molecule has 2 atom stereocenters. The lowest BCUT2D eigenvalue weighted by molar-refractivity contribution is 0.170. The van der Waals surface area contributed by atoms with Crippen molar-refractivity contribution in [2.75, 3.05) is 31.3 Å². The summed E-state index contributed by atoms with van der Waals surface area (Å²) in [6.07, 6.45) is 2.12. The molecule has 0 amide bonds. The van der Waals surface area contributed by atoms with Crippen LogP contribution in [0.3, 0.4) is 0 Å². The van der Waals surface area contributed by atoms with Crippen LogP contribution in [-0.2, 0) is 6.54 Å². The molecule has 1 fully saturated rings. The Kier molecular flexibility index (Phi) is 4.76. The van der Waals surface area contributed by atoms with Crippen LogP contribution in [0.5, 0.6) is 0 Å². The van der Waals surface area contributed by atoms with Crippen molar-refractivity contribution in [1.29, 1.82) is 0 Å². The monoisotopic (exact) mass is 279 g/mol. The van der Waals surface area contributed by atoms with Gasteiger partial charge in [-0.1, -0.05) is 6.07 Å². The molecule has 106 valence electrons. The van der Waals surface area contributed by atoms with Gasteiger partial charge in [-0.05, 0) is 39.3 Å². The van der Waals surface area contributed by atoms with Gasteiger partial charge in [0.15, 0.2) is 0 Å². The van der Waals surface area contributed by atoms with Crippen LogP contribution in [-0.4, -0.2) is 43.4 Å². The highest BCUT2D eigenvalue weighted by Gasteiger charge is 2.27. The molecule has 2 N–H and O–H groups in total. The molecule has 1 aromatic rings. The predicted octanol–water partition coefficient (Wildman–Crippen LogP) is 2.40. The minimum Gasteiger partial charge on any atom is -0.368 e. The van der Waals surface area contributed by atoms with Gasteiger partial charge in [0.05, 0.1) is 0 Å². The van der Waals surface area contributed by atoms with Gasteiger partial charge in [-0.2, -0.15) is 0 Å². The Morgan fingerprint density at radius 1 is 1.26 bits per heavy atom. The molecule has 0 aromatic heterocycles. The first-order valence-corrected chi connectivity index (χ1v) is 8.13. The lowest BCUT2D eigenvalue weighted by atomic mass is 10.1. The number of nitrogens with two attached hydrogens (primary N) is 1. The summed E-state index contributed by atoms with van der Waals surface area (Å²) in [5.41, 5.74) is 8.59. The Morgan fingerprint density at radius 2 is 1.89 bits per heavy atom. The molecule has 0 bridgehead atoms. The van der Waals surface area contributed by atoms with Crippen molar-refractivity contribution in [1.82, 2.24) is 4.90 Å². The van der Waals surface area contributed by atoms with E-state index in [-0.39, 0.29) is 0 Å². The second kappa shape index (κ2) is 6.16. The van der Waals surface area contributed by atoms with Crippen molar-refractivity contribution < 1.29 is 0 Å². The van der Waals surface area contributed by atoms with E-state index < -0.39 is 0 Å². The minimum absolute atomic E-state index is 0.576. The Hall–Kier alpha value is -0.710. The van der Waals surface area contributed by atoms with Crippen LogP contribution in [0.15, 0.2) is 23.1 Å².